The summed E-state index contributed by atoms with van der Waals surface area (Å²) in [4.78, 5) is 25.4. The van der Waals surface area contributed by atoms with Crippen molar-refractivity contribution in [2.24, 2.45) is 5.92 Å². The van der Waals surface area contributed by atoms with E-state index in [1.807, 2.05) is 0 Å². The van der Waals surface area contributed by atoms with Gasteiger partial charge in [0.05, 0.1) is 12.1 Å². The molecule has 3 rings (SSSR count). The molecule has 2 bridgehead atoms. The molecule has 3 aliphatic heterocycles. The van der Waals surface area contributed by atoms with E-state index in [9.17, 15) is 18.0 Å². The number of amidine groups is 1. The quantitative estimate of drug-likeness (QED) is 0.269. The minimum absolute atomic E-state index is 0.0900. The second-order valence-corrected chi connectivity index (χ2v) is 7.20. The maximum Gasteiger partial charge on any atom is 0.418 e. The topological polar surface area (TPSA) is 152 Å². The average molecular weight is 361 g/mol. The number of nitrogens with one attached hydrogen (secondary N) is 3. The molecule has 3 amide bonds. The molecule has 4 N–H and O–H groups in total. The Bertz CT molecular complexity index is 663. The first-order valence-electron chi connectivity index (χ1n) is 7.60. The summed E-state index contributed by atoms with van der Waals surface area (Å²) in [7, 11) is -4.80. The summed E-state index contributed by atoms with van der Waals surface area (Å²) in [5, 5.41) is 14.2. The van der Waals surface area contributed by atoms with Crippen LogP contribution in [0.3, 0.4) is 0 Å². The third kappa shape index (κ3) is 3.50. The molecule has 0 aliphatic carbocycles. The second-order valence-electron chi connectivity index (χ2n) is 6.20. The molecule has 0 aromatic heterocycles. The van der Waals surface area contributed by atoms with Gasteiger partial charge < -0.3 is 15.5 Å². The van der Waals surface area contributed by atoms with Crippen LogP contribution in [0.4, 0.5) is 4.79 Å². The SMILES string of the molecule is N=C(NC(=O)CC1CNC1)C1CCC2CN1C(=O)N2OS(=O)(=O)O. The molecule has 0 saturated carbocycles. The third-order valence-electron chi connectivity index (χ3n) is 4.44. The van der Waals surface area contributed by atoms with E-state index in [-0.39, 0.29) is 24.2 Å². The number of piperidine rings is 1. The lowest BCUT2D eigenvalue weighted by atomic mass is 9.98. The molecule has 3 saturated heterocycles. The normalized spacial score (nSPS) is 27.1. The van der Waals surface area contributed by atoms with Crippen molar-refractivity contribution >= 4 is 28.2 Å². The van der Waals surface area contributed by atoms with Crippen molar-refractivity contribution in [1.29, 1.82) is 5.41 Å². The van der Waals surface area contributed by atoms with Gasteiger partial charge in [-0.3, -0.25) is 14.8 Å². The standard InChI is InChI=1S/C12H19N5O6S/c13-11(15-10(18)3-7-4-14-5-7)9-2-1-8-6-16(9)12(19)17(8)23-24(20,21)22/h7-9,14H,1-6H2,(H2,13,15,18)(H,20,21,22). The van der Waals surface area contributed by atoms with Gasteiger partial charge in [0.15, 0.2) is 0 Å². The van der Waals surface area contributed by atoms with E-state index in [4.69, 9.17) is 9.96 Å². The Morgan fingerprint density at radius 1 is 1.42 bits per heavy atom. The molecule has 2 atom stereocenters. The number of rotatable bonds is 5. The first-order valence-corrected chi connectivity index (χ1v) is 8.97. The van der Waals surface area contributed by atoms with Crippen molar-refractivity contribution < 1.29 is 26.8 Å². The fourth-order valence-corrected chi connectivity index (χ4v) is 3.56. The smallest absolute Gasteiger partial charge is 0.316 e. The zero-order valence-electron chi connectivity index (χ0n) is 12.8. The van der Waals surface area contributed by atoms with Crippen molar-refractivity contribution in [1.82, 2.24) is 20.6 Å². The van der Waals surface area contributed by atoms with Gasteiger partial charge in [0.1, 0.15) is 5.84 Å². The zero-order valence-corrected chi connectivity index (χ0v) is 13.6. The molecule has 11 nitrogen and oxygen atoms in total. The van der Waals surface area contributed by atoms with Crippen LogP contribution in [0.15, 0.2) is 0 Å². The van der Waals surface area contributed by atoms with Crippen LogP contribution in [0, 0.1) is 11.3 Å². The van der Waals surface area contributed by atoms with Crippen molar-refractivity contribution in [3.05, 3.63) is 0 Å². The highest BCUT2D eigenvalue weighted by atomic mass is 32.3. The van der Waals surface area contributed by atoms with E-state index in [1.54, 1.807) is 0 Å². The van der Waals surface area contributed by atoms with E-state index in [0.29, 0.717) is 24.3 Å². The van der Waals surface area contributed by atoms with Crippen LogP contribution in [0.5, 0.6) is 0 Å². The number of carbonyl (C=O) groups excluding carboxylic acids is 2. The number of nitrogens with zero attached hydrogens (tertiary/aromatic N) is 2. The van der Waals surface area contributed by atoms with Gasteiger partial charge in [0.2, 0.25) is 5.91 Å². The van der Waals surface area contributed by atoms with E-state index < -0.39 is 28.5 Å². The number of urea groups is 1. The highest BCUT2D eigenvalue weighted by molar-refractivity contribution is 7.80. The van der Waals surface area contributed by atoms with Crippen molar-refractivity contribution in [2.75, 3.05) is 19.6 Å². The van der Waals surface area contributed by atoms with E-state index in [2.05, 4.69) is 14.9 Å². The van der Waals surface area contributed by atoms with Gasteiger partial charge in [-0.1, -0.05) is 0 Å². The Hall–Kier alpha value is -1.76. The van der Waals surface area contributed by atoms with Gasteiger partial charge >= 0.3 is 16.4 Å². The van der Waals surface area contributed by atoms with Crippen LogP contribution in [0.1, 0.15) is 19.3 Å². The number of hydrogen-bond donors (Lipinski definition) is 4. The molecule has 0 aromatic carbocycles. The fraction of sp³-hybridized carbons (Fsp3) is 0.750. The Kier molecular flexibility index (Phi) is 4.46. The number of amides is 3. The summed E-state index contributed by atoms with van der Waals surface area (Å²) < 4.78 is 34.7. The average Bonchev–Trinajstić information content (AvgIpc) is 2.67. The molecule has 2 unspecified atom stereocenters. The molecular formula is C12H19N5O6S. The number of carbonyl (C=O) groups is 2. The van der Waals surface area contributed by atoms with Crippen LogP contribution < -0.4 is 10.6 Å². The van der Waals surface area contributed by atoms with Crippen LogP contribution in [0.2, 0.25) is 0 Å². The zero-order chi connectivity index (χ0) is 17.5. The fourth-order valence-electron chi connectivity index (χ4n) is 3.17. The molecule has 0 aromatic rings. The monoisotopic (exact) mass is 361 g/mol. The predicted octanol–water partition coefficient (Wildman–Crippen LogP) is -1.31. The minimum atomic E-state index is -4.80. The largest absolute Gasteiger partial charge is 0.418 e. The lowest BCUT2D eigenvalue weighted by Gasteiger charge is -2.31. The molecule has 0 radical (unpaired) electrons. The van der Waals surface area contributed by atoms with Crippen LogP contribution in [-0.4, -0.2) is 72.4 Å². The third-order valence-corrected chi connectivity index (χ3v) is 4.79. The maximum atomic E-state index is 12.2. The first kappa shape index (κ1) is 17.1. The van der Waals surface area contributed by atoms with Crippen LogP contribution in [0.25, 0.3) is 0 Å². The van der Waals surface area contributed by atoms with E-state index in [1.165, 1.54) is 4.90 Å². The maximum absolute atomic E-state index is 12.2. The Labute approximate surface area is 138 Å². The highest BCUT2D eigenvalue weighted by Gasteiger charge is 2.48. The second kappa shape index (κ2) is 6.27. The Morgan fingerprint density at radius 3 is 2.71 bits per heavy atom. The molecule has 24 heavy (non-hydrogen) atoms. The number of hydrogen-bond acceptors (Lipinski definition) is 7. The van der Waals surface area contributed by atoms with Crippen LogP contribution in [-0.2, 0) is 19.5 Å². The predicted molar refractivity (Wildman–Crippen MR) is 80.2 cm³/mol. The summed E-state index contributed by atoms with van der Waals surface area (Å²) in [5.74, 6) is -0.0975. The van der Waals surface area contributed by atoms with E-state index >= 15 is 0 Å². The molecule has 3 aliphatic rings. The molecule has 3 heterocycles. The van der Waals surface area contributed by atoms with Gasteiger partial charge in [-0.2, -0.15) is 13.5 Å². The van der Waals surface area contributed by atoms with Gasteiger partial charge in [0, 0.05) is 13.0 Å². The van der Waals surface area contributed by atoms with Crippen molar-refractivity contribution in [3.63, 3.8) is 0 Å². The summed E-state index contributed by atoms with van der Waals surface area (Å²) in [6, 6.07) is -1.91. The van der Waals surface area contributed by atoms with Crippen molar-refractivity contribution in [3.8, 4) is 0 Å². The van der Waals surface area contributed by atoms with Gasteiger partial charge in [-0.05, 0) is 31.8 Å². The summed E-state index contributed by atoms with van der Waals surface area (Å²) in [6.07, 6.45) is 1.11. The van der Waals surface area contributed by atoms with Crippen molar-refractivity contribution in [2.45, 2.75) is 31.3 Å². The highest BCUT2D eigenvalue weighted by Crippen LogP contribution is 2.30. The summed E-state index contributed by atoms with van der Waals surface area (Å²) in [6.45, 7) is 1.72. The van der Waals surface area contributed by atoms with Gasteiger partial charge in [0.25, 0.3) is 0 Å². The number of hydroxylamine groups is 2. The molecule has 3 fully saturated rings. The number of fused-ring (bicyclic) bond motifs is 2. The minimum Gasteiger partial charge on any atom is -0.316 e. The Balaban J connectivity index is 1.60. The van der Waals surface area contributed by atoms with Gasteiger partial charge in [-0.15, -0.1) is 4.28 Å². The lowest BCUT2D eigenvalue weighted by molar-refractivity contribution is -0.121. The molecule has 134 valence electrons. The van der Waals surface area contributed by atoms with E-state index in [0.717, 1.165) is 13.1 Å². The summed E-state index contributed by atoms with van der Waals surface area (Å²) in [5.41, 5.74) is 0. The summed E-state index contributed by atoms with van der Waals surface area (Å²) >= 11 is 0. The molecular weight excluding hydrogens is 342 g/mol. The lowest BCUT2D eigenvalue weighted by Crippen LogP contribution is -2.52. The molecule has 12 heteroatoms. The molecule has 0 spiro atoms. The first-order chi connectivity index (χ1) is 11.2. The van der Waals surface area contributed by atoms with Gasteiger partial charge in [-0.25, -0.2) is 4.79 Å². The van der Waals surface area contributed by atoms with Crippen LogP contribution >= 0.6 is 0 Å². The Morgan fingerprint density at radius 2 is 2.12 bits per heavy atom.